The van der Waals surface area contributed by atoms with Crippen LogP contribution < -0.4 is 4.72 Å². The summed E-state index contributed by atoms with van der Waals surface area (Å²) < 4.78 is 29.5. The fourth-order valence-corrected chi connectivity index (χ4v) is 4.11. The number of aryl methyl sites for hydroxylation is 1. The standard InChI is InChI=1S/C15H14N2O2S2/c1-12-6-7-13(17-8-2-3-9-17)11-14(12)16-21(18,19)15-5-4-10-20-15/h2-11,16H,1H3. The Morgan fingerprint density at radius 3 is 2.52 bits per heavy atom. The number of hydrogen-bond donors (Lipinski definition) is 1. The highest BCUT2D eigenvalue weighted by Crippen LogP contribution is 2.24. The van der Waals surface area contributed by atoms with E-state index in [1.54, 1.807) is 17.5 Å². The highest BCUT2D eigenvalue weighted by molar-refractivity contribution is 7.94. The number of nitrogens with one attached hydrogen (secondary N) is 1. The minimum Gasteiger partial charge on any atom is -0.324 e. The van der Waals surface area contributed by atoms with Crippen LogP contribution in [0.4, 0.5) is 5.69 Å². The number of nitrogens with zero attached hydrogens (tertiary/aromatic N) is 1. The van der Waals surface area contributed by atoms with Crippen LogP contribution in [0.15, 0.2) is 64.4 Å². The van der Waals surface area contributed by atoms with Gasteiger partial charge in [-0.05, 0) is 48.2 Å². The molecule has 108 valence electrons. The maximum atomic E-state index is 12.3. The second-order valence-corrected chi connectivity index (χ2v) is 7.48. The van der Waals surface area contributed by atoms with Gasteiger partial charge in [0, 0.05) is 18.1 Å². The van der Waals surface area contributed by atoms with Crippen LogP contribution >= 0.6 is 11.3 Å². The molecule has 2 heterocycles. The van der Waals surface area contributed by atoms with Crippen molar-refractivity contribution in [1.29, 1.82) is 0 Å². The van der Waals surface area contributed by atoms with Gasteiger partial charge >= 0.3 is 0 Å². The topological polar surface area (TPSA) is 51.1 Å². The van der Waals surface area contributed by atoms with Gasteiger partial charge in [-0.15, -0.1) is 11.3 Å². The van der Waals surface area contributed by atoms with Gasteiger partial charge in [-0.3, -0.25) is 4.72 Å². The second-order valence-electron chi connectivity index (χ2n) is 4.63. The number of rotatable bonds is 4. The van der Waals surface area contributed by atoms with Crippen molar-refractivity contribution in [2.75, 3.05) is 4.72 Å². The van der Waals surface area contributed by atoms with E-state index >= 15 is 0 Å². The maximum absolute atomic E-state index is 12.3. The van der Waals surface area contributed by atoms with Gasteiger partial charge in [0.05, 0.1) is 5.69 Å². The summed E-state index contributed by atoms with van der Waals surface area (Å²) in [5.74, 6) is 0. The zero-order valence-electron chi connectivity index (χ0n) is 11.4. The summed E-state index contributed by atoms with van der Waals surface area (Å²) in [6.45, 7) is 1.88. The zero-order valence-corrected chi connectivity index (χ0v) is 13.0. The molecule has 0 fully saturated rings. The van der Waals surface area contributed by atoms with E-state index in [2.05, 4.69) is 4.72 Å². The molecule has 6 heteroatoms. The SMILES string of the molecule is Cc1ccc(-n2cccc2)cc1NS(=O)(=O)c1cccs1. The first kappa shape index (κ1) is 13.9. The third kappa shape index (κ3) is 2.86. The molecule has 4 nitrogen and oxygen atoms in total. The van der Waals surface area contributed by atoms with Gasteiger partial charge in [-0.25, -0.2) is 8.42 Å². The van der Waals surface area contributed by atoms with E-state index in [1.165, 1.54) is 11.3 Å². The molecule has 0 aliphatic rings. The lowest BCUT2D eigenvalue weighted by Gasteiger charge is -2.12. The van der Waals surface area contributed by atoms with Crippen molar-refractivity contribution in [3.63, 3.8) is 0 Å². The average molecular weight is 318 g/mol. The molecule has 0 unspecified atom stereocenters. The van der Waals surface area contributed by atoms with E-state index in [9.17, 15) is 8.42 Å². The molecule has 3 aromatic rings. The first-order chi connectivity index (χ1) is 10.1. The largest absolute Gasteiger partial charge is 0.324 e. The molecule has 0 bridgehead atoms. The lowest BCUT2D eigenvalue weighted by molar-refractivity contribution is 0.603. The van der Waals surface area contributed by atoms with Crippen LogP contribution in [-0.4, -0.2) is 13.0 Å². The van der Waals surface area contributed by atoms with E-state index in [-0.39, 0.29) is 0 Å². The Bertz CT molecular complexity index is 836. The van der Waals surface area contributed by atoms with Crippen LogP contribution in [0, 0.1) is 6.92 Å². The molecule has 3 rings (SSSR count). The Balaban J connectivity index is 1.97. The van der Waals surface area contributed by atoms with Crippen molar-refractivity contribution >= 4 is 27.0 Å². The van der Waals surface area contributed by atoms with E-state index < -0.39 is 10.0 Å². The molecule has 0 aliphatic heterocycles. The van der Waals surface area contributed by atoms with Crippen LogP contribution in [0.1, 0.15) is 5.56 Å². The zero-order chi connectivity index (χ0) is 14.9. The summed E-state index contributed by atoms with van der Waals surface area (Å²) in [5.41, 5.74) is 2.38. The Hall–Kier alpha value is -2.05. The molecular weight excluding hydrogens is 304 g/mol. The number of thiophene rings is 1. The Labute approximate surface area is 127 Å². The smallest absolute Gasteiger partial charge is 0.271 e. The van der Waals surface area contributed by atoms with Gasteiger partial charge in [0.2, 0.25) is 0 Å². The molecule has 21 heavy (non-hydrogen) atoms. The predicted molar refractivity (Wildman–Crippen MR) is 85.6 cm³/mol. The summed E-state index contributed by atoms with van der Waals surface area (Å²) in [6.07, 6.45) is 3.84. The van der Waals surface area contributed by atoms with Crippen molar-refractivity contribution in [3.05, 3.63) is 65.8 Å². The summed E-state index contributed by atoms with van der Waals surface area (Å²) in [5, 5.41) is 1.75. The highest BCUT2D eigenvalue weighted by atomic mass is 32.2. The third-order valence-corrected chi connectivity index (χ3v) is 5.89. The number of benzene rings is 1. The quantitative estimate of drug-likeness (QED) is 0.798. The third-order valence-electron chi connectivity index (χ3n) is 3.13. The monoisotopic (exact) mass is 318 g/mol. The van der Waals surface area contributed by atoms with Crippen molar-refractivity contribution < 1.29 is 8.42 Å². The van der Waals surface area contributed by atoms with Crippen molar-refractivity contribution in [1.82, 2.24) is 4.57 Å². The molecule has 0 saturated carbocycles. The number of aromatic nitrogens is 1. The van der Waals surface area contributed by atoms with Crippen molar-refractivity contribution in [2.45, 2.75) is 11.1 Å². The van der Waals surface area contributed by atoms with E-state index in [0.29, 0.717) is 9.90 Å². The number of anilines is 1. The normalized spacial score (nSPS) is 11.5. The van der Waals surface area contributed by atoms with Crippen LogP contribution in [0.2, 0.25) is 0 Å². The van der Waals surface area contributed by atoms with Crippen LogP contribution in [0.3, 0.4) is 0 Å². The molecule has 1 N–H and O–H groups in total. The first-order valence-electron chi connectivity index (χ1n) is 6.36. The van der Waals surface area contributed by atoms with E-state index in [1.807, 2.05) is 54.2 Å². The summed E-state index contributed by atoms with van der Waals surface area (Å²) in [7, 11) is -3.52. The Morgan fingerprint density at radius 1 is 1.10 bits per heavy atom. The lowest BCUT2D eigenvalue weighted by atomic mass is 10.2. The molecule has 2 aromatic heterocycles. The number of sulfonamides is 1. The Morgan fingerprint density at radius 2 is 1.86 bits per heavy atom. The fraction of sp³-hybridized carbons (Fsp3) is 0.0667. The molecular formula is C15H14N2O2S2. The minimum absolute atomic E-state index is 0.313. The second kappa shape index (κ2) is 5.38. The van der Waals surface area contributed by atoms with Crippen LogP contribution in [-0.2, 0) is 10.0 Å². The Kier molecular flexibility index (Phi) is 3.57. The molecule has 0 aliphatic carbocycles. The molecule has 1 aromatic carbocycles. The molecule has 0 spiro atoms. The predicted octanol–water partition coefficient (Wildman–Crippen LogP) is 3.65. The van der Waals surface area contributed by atoms with Crippen molar-refractivity contribution in [3.8, 4) is 5.69 Å². The van der Waals surface area contributed by atoms with Crippen molar-refractivity contribution in [2.24, 2.45) is 0 Å². The average Bonchev–Trinajstić information content (AvgIpc) is 3.14. The molecule has 0 saturated heterocycles. The molecule has 0 radical (unpaired) electrons. The van der Waals surface area contributed by atoms with Gasteiger partial charge in [0.15, 0.2) is 0 Å². The van der Waals surface area contributed by atoms with Crippen LogP contribution in [0.5, 0.6) is 0 Å². The number of hydrogen-bond acceptors (Lipinski definition) is 3. The molecule has 0 atom stereocenters. The fourth-order valence-electron chi connectivity index (χ4n) is 2.00. The van der Waals surface area contributed by atoms with E-state index in [0.717, 1.165) is 11.3 Å². The maximum Gasteiger partial charge on any atom is 0.271 e. The summed E-state index contributed by atoms with van der Waals surface area (Å²) in [4.78, 5) is 0. The minimum atomic E-state index is -3.52. The summed E-state index contributed by atoms with van der Waals surface area (Å²) in [6, 6.07) is 12.9. The van der Waals surface area contributed by atoms with E-state index in [4.69, 9.17) is 0 Å². The summed E-state index contributed by atoms with van der Waals surface area (Å²) >= 11 is 1.20. The van der Waals surface area contributed by atoms with Gasteiger partial charge in [-0.1, -0.05) is 12.1 Å². The van der Waals surface area contributed by atoms with Gasteiger partial charge < -0.3 is 4.57 Å². The van der Waals surface area contributed by atoms with Gasteiger partial charge in [0.1, 0.15) is 4.21 Å². The molecule has 0 amide bonds. The van der Waals surface area contributed by atoms with Gasteiger partial charge in [0.25, 0.3) is 10.0 Å². The van der Waals surface area contributed by atoms with Gasteiger partial charge in [-0.2, -0.15) is 0 Å². The lowest BCUT2D eigenvalue weighted by Crippen LogP contribution is -2.12. The van der Waals surface area contributed by atoms with Crippen LogP contribution in [0.25, 0.3) is 5.69 Å². The highest BCUT2D eigenvalue weighted by Gasteiger charge is 2.16. The first-order valence-corrected chi connectivity index (χ1v) is 8.73.